The smallest absolute Gasteiger partial charge is 0.263 e. The molecule has 1 amide bonds. The molecular formula is C22H24ClN3O3S2. The van der Waals surface area contributed by atoms with E-state index in [-0.39, 0.29) is 11.5 Å². The fraction of sp³-hybridized carbons (Fsp3) is 0.409. The van der Waals surface area contributed by atoms with E-state index >= 15 is 0 Å². The quantitative estimate of drug-likeness (QED) is 0.393. The molecule has 9 heteroatoms. The number of anilines is 1. The number of hydrogen-bond donors (Lipinski definition) is 1. The number of thiophene rings is 1. The van der Waals surface area contributed by atoms with Crippen molar-refractivity contribution >= 4 is 56.5 Å². The summed E-state index contributed by atoms with van der Waals surface area (Å²) in [6, 6.07) is 5.06. The fourth-order valence-electron chi connectivity index (χ4n) is 3.81. The van der Waals surface area contributed by atoms with Crippen LogP contribution in [-0.2, 0) is 24.2 Å². The number of nitrogens with one attached hydrogen (secondary N) is 1. The molecule has 4 rings (SSSR count). The zero-order valence-electron chi connectivity index (χ0n) is 17.7. The van der Waals surface area contributed by atoms with Crippen LogP contribution in [0.2, 0.25) is 5.02 Å². The van der Waals surface area contributed by atoms with Gasteiger partial charge < -0.3 is 10.1 Å². The molecule has 0 saturated carbocycles. The van der Waals surface area contributed by atoms with Crippen LogP contribution in [0.3, 0.4) is 0 Å². The molecule has 1 atom stereocenters. The lowest BCUT2D eigenvalue weighted by Gasteiger charge is -2.16. The SMILES string of the molecule is CCn1c(SC(C)C(=O)Nc2cc(Cl)ccc2OC)nc2sc3c(c2c1=O)CCCC3. The number of aromatic nitrogens is 2. The zero-order chi connectivity index (χ0) is 22.1. The van der Waals surface area contributed by atoms with Gasteiger partial charge in [-0.05, 0) is 63.3 Å². The first-order chi connectivity index (χ1) is 14.9. The van der Waals surface area contributed by atoms with E-state index in [9.17, 15) is 9.59 Å². The van der Waals surface area contributed by atoms with Crippen molar-refractivity contribution in [2.45, 2.75) is 56.5 Å². The molecule has 3 aromatic rings. The summed E-state index contributed by atoms with van der Waals surface area (Å²) >= 11 is 8.97. The number of halogens is 1. The van der Waals surface area contributed by atoms with Gasteiger partial charge in [-0.3, -0.25) is 14.2 Å². The minimum atomic E-state index is -0.472. The Bertz CT molecular complexity index is 1200. The normalized spacial score (nSPS) is 14.3. The molecule has 1 aliphatic carbocycles. The van der Waals surface area contributed by atoms with Crippen LogP contribution in [0.15, 0.2) is 28.2 Å². The molecule has 164 valence electrons. The molecule has 6 nitrogen and oxygen atoms in total. The highest BCUT2D eigenvalue weighted by Gasteiger charge is 2.24. The van der Waals surface area contributed by atoms with Gasteiger partial charge in [0.15, 0.2) is 5.16 Å². The minimum absolute atomic E-state index is 0.00137. The van der Waals surface area contributed by atoms with Crippen molar-refractivity contribution in [1.82, 2.24) is 9.55 Å². The Hall–Kier alpha value is -2.03. The molecule has 31 heavy (non-hydrogen) atoms. The largest absolute Gasteiger partial charge is 0.495 e. The average molecular weight is 478 g/mol. The number of carbonyl (C=O) groups excluding carboxylic acids is 1. The summed E-state index contributed by atoms with van der Waals surface area (Å²) < 4.78 is 6.98. The Morgan fingerprint density at radius 1 is 1.39 bits per heavy atom. The number of hydrogen-bond acceptors (Lipinski definition) is 6. The minimum Gasteiger partial charge on any atom is -0.495 e. The maximum absolute atomic E-state index is 13.3. The lowest BCUT2D eigenvalue weighted by molar-refractivity contribution is -0.115. The highest BCUT2D eigenvalue weighted by molar-refractivity contribution is 8.00. The van der Waals surface area contributed by atoms with Crippen LogP contribution in [0.1, 0.15) is 37.1 Å². The molecule has 1 aliphatic rings. The molecule has 2 aromatic heterocycles. The predicted octanol–water partition coefficient (Wildman–Crippen LogP) is 5.14. The summed E-state index contributed by atoms with van der Waals surface area (Å²) in [5.74, 6) is 0.317. The number of ether oxygens (including phenoxy) is 1. The van der Waals surface area contributed by atoms with E-state index in [1.54, 1.807) is 41.0 Å². The van der Waals surface area contributed by atoms with E-state index in [2.05, 4.69) is 5.32 Å². The van der Waals surface area contributed by atoms with Crippen molar-refractivity contribution in [2.24, 2.45) is 0 Å². The van der Waals surface area contributed by atoms with Gasteiger partial charge in [-0.15, -0.1) is 11.3 Å². The highest BCUT2D eigenvalue weighted by Crippen LogP contribution is 2.35. The third-order valence-corrected chi connectivity index (χ3v) is 7.94. The van der Waals surface area contributed by atoms with Crippen LogP contribution < -0.4 is 15.6 Å². The number of carbonyl (C=O) groups is 1. The second-order valence-corrected chi connectivity index (χ2v) is 10.3. The van der Waals surface area contributed by atoms with Gasteiger partial charge in [-0.1, -0.05) is 23.4 Å². The number of benzene rings is 1. The van der Waals surface area contributed by atoms with E-state index in [1.165, 1.54) is 29.3 Å². The van der Waals surface area contributed by atoms with Crippen molar-refractivity contribution in [3.63, 3.8) is 0 Å². The van der Waals surface area contributed by atoms with Crippen LogP contribution in [0.4, 0.5) is 5.69 Å². The summed E-state index contributed by atoms with van der Waals surface area (Å²) in [7, 11) is 1.54. The Morgan fingerprint density at radius 3 is 2.90 bits per heavy atom. The Balaban J connectivity index is 1.62. The molecule has 0 radical (unpaired) electrons. The summed E-state index contributed by atoms with van der Waals surface area (Å²) in [4.78, 5) is 33.0. The van der Waals surface area contributed by atoms with Gasteiger partial charge >= 0.3 is 0 Å². The van der Waals surface area contributed by atoms with E-state index < -0.39 is 5.25 Å². The van der Waals surface area contributed by atoms with Gasteiger partial charge in [0.05, 0.1) is 23.4 Å². The molecule has 1 aromatic carbocycles. The van der Waals surface area contributed by atoms with Crippen LogP contribution in [-0.4, -0.2) is 27.8 Å². The van der Waals surface area contributed by atoms with Crippen LogP contribution in [0.5, 0.6) is 5.75 Å². The summed E-state index contributed by atoms with van der Waals surface area (Å²) in [5, 5.41) is 4.24. The number of amides is 1. The van der Waals surface area contributed by atoms with Crippen LogP contribution in [0, 0.1) is 0 Å². The summed E-state index contributed by atoms with van der Waals surface area (Å²) in [5.41, 5.74) is 1.69. The second kappa shape index (κ2) is 9.22. The maximum atomic E-state index is 13.3. The van der Waals surface area contributed by atoms with Crippen LogP contribution >= 0.6 is 34.7 Å². The van der Waals surface area contributed by atoms with E-state index in [0.717, 1.165) is 35.9 Å². The number of aryl methyl sites for hydroxylation is 2. The molecule has 0 aliphatic heterocycles. The molecule has 0 saturated heterocycles. The average Bonchev–Trinajstić information content (AvgIpc) is 3.12. The van der Waals surface area contributed by atoms with Crippen molar-refractivity contribution in [3.05, 3.63) is 44.0 Å². The van der Waals surface area contributed by atoms with Gasteiger partial charge in [-0.25, -0.2) is 4.98 Å². The molecule has 1 unspecified atom stereocenters. The second-order valence-electron chi connectivity index (χ2n) is 7.43. The van der Waals surface area contributed by atoms with Crippen molar-refractivity contribution in [2.75, 3.05) is 12.4 Å². The monoisotopic (exact) mass is 477 g/mol. The van der Waals surface area contributed by atoms with E-state index in [0.29, 0.717) is 28.2 Å². The first kappa shape index (κ1) is 22.2. The van der Waals surface area contributed by atoms with E-state index in [4.69, 9.17) is 21.3 Å². The fourth-order valence-corrected chi connectivity index (χ4v) is 6.26. The van der Waals surface area contributed by atoms with Crippen molar-refractivity contribution in [3.8, 4) is 5.75 Å². The zero-order valence-corrected chi connectivity index (χ0v) is 20.0. The Kier molecular flexibility index (Phi) is 6.60. The Labute approximate surface area is 194 Å². The highest BCUT2D eigenvalue weighted by atomic mass is 35.5. The van der Waals surface area contributed by atoms with Gasteiger partial charge in [0.1, 0.15) is 10.6 Å². The van der Waals surface area contributed by atoms with Gasteiger partial charge in [-0.2, -0.15) is 0 Å². The third-order valence-electron chi connectivity index (χ3n) is 5.43. The Morgan fingerprint density at radius 2 is 2.16 bits per heavy atom. The maximum Gasteiger partial charge on any atom is 0.263 e. The number of fused-ring (bicyclic) bond motifs is 3. The number of thioether (sulfide) groups is 1. The molecule has 0 bridgehead atoms. The number of methoxy groups -OCH3 is 1. The molecule has 2 heterocycles. The molecule has 0 spiro atoms. The molecular weight excluding hydrogens is 454 g/mol. The topological polar surface area (TPSA) is 73.2 Å². The third kappa shape index (κ3) is 4.33. The lowest BCUT2D eigenvalue weighted by Crippen LogP contribution is -2.27. The van der Waals surface area contributed by atoms with Gasteiger partial charge in [0.25, 0.3) is 5.56 Å². The van der Waals surface area contributed by atoms with Gasteiger partial charge in [0.2, 0.25) is 5.91 Å². The summed E-state index contributed by atoms with van der Waals surface area (Å²) in [6.45, 7) is 4.23. The van der Waals surface area contributed by atoms with Crippen LogP contribution in [0.25, 0.3) is 10.2 Å². The first-order valence-corrected chi connectivity index (χ1v) is 12.4. The number of nitrogens with zero attached hydrogens (tertiary/aromatic N) is 2. The number of rotatable bonds is 6. The lowest BCUT2D eigenvalue weighted by atomic mass is 9.97. The first-order valence-electron chi connectivity index (χ1n) is 10.3. The summed E-state index contributed by atoms with van der Waals surface area (Å²) in [6.07, 6.45) is 4.24. The molecule has 0 fully saturated rings. The van der Waals surface area contributed by atoms with Gasteiger partial charge in [0, 0.05) is 16.4 Å². The predicted molar refractivity (Wildman–Crippen MR) is 128 cm³/mol. The van der Waals surface area contributed by atoms with Crippen molar-refractivity contribution < 1.29 is 9.53 Å². The molecule has 1 N–H and O–H groups in total. The van der Waals surface area contributed by atoms with Crippen molar-refractivity contribution in [1.29, 1.82) is 0 Å². The van der Waals surface area contributed by atoms with E-state index in [1.807, 2.05) is 6.92 Å². The standard InChI is InChI=1S/C22H24ClN3O3S2/c1-4-26-21(28)18-14-7-5-6-8-17(14)31-20(18)25-22(26)30-12(2)19(27)24-15-11-13(23)9-10-16(15)29-3/h9-12H,4-8H2,1-3H3,(H,24,27).